The van der Waals surface area contributed by atoms with Crippen LogP contribution in [-0.4, -0.2) is 32.1 Å². The highest BCUT2D eigenvalue weighted by atomic mass is 32.2. The molecule has 0 aliphatic heterocycles. The average Bonchev–Trinajstić information content (AvgIpc) is 3.12. The summed E-state index contributed by atoms with van der Waals surface area (Å²) in [6.07, 6.45) is 0. The van der Waals surface area contributed by atoms with Crippen LogP contribution in [0, 0.1) is 0 Å². The van der Waals surface area contributed by atoms with E-state index in [1.54, 1.807) is 0 Å². The molecule has 0 unspecified atom stereocenters. The minimum atomic E-state index is -0.658. The molecule has 0 saturated carbocycles. The Bertz CT molecular complexity index is 892. The lowest BCUT2D eigenvalue weighted by atomic mass is 10.2. The average molecular weight is 389 g/mol. The van der Waals surface area contributed by atoms with Gasteiger partial charge in [0.1, 0.15) is 0 Å². The molecule has 3 aromatic rings. The predicted octanol–water partition coefficient (Wildman–Crippen LogP) is 3.37. The standard InChI is InChI=1S/C17H15N3O4S2/c21-13-6-11(7-14(22)15(13)23)16(24)20-26-9-18-17-19-12(8-25-17)10-4-2-1-3-5-10/h1-8,21-23H,9H2,(H,18,19)(H,20,24). The van der Waals surface area contributed by atoms with Crippen molar-refractivity contribution in [2.24, 2.45) is 0 Å². The van der Waals surface area contributed by atoms with Crippen LogP contribution in [-0.2, 0) is 0 Å². The van der Waals surface area contributed by atoms with Crippen molar-refractivity contribution in [1.82, 2.24) is 9.71 Å². The van der Waals surface area contributed by atoms with Crippen LogP contribution in [0.25, 0.3) is 11.3 Å². The van der Waals surface area contributed by atoms with E-state index < -0.39 is 23.2 Å². The van der Waals surface area contributed by atoms with E-state index in [-0.39, 0.29) is 5.56 Å². The number of aromatic hydroxyl groups is 3. The molecule has 0 aliphatic carbocycles. The Balaban J connectivity index is 1.50. The topological polar surface area (TPSA) is 115 Å². The van der Waals surface area contributed by atoms with Crippen LogP contribution >= 0.6 is 23.3 Å². The van der Waals surface area contributed by atoms with Gasteiger partial charge in [-0.25, -0.2) is 4.98 Å². The highest BCUT2D eigenvalue weighted by molar-refractivity contribution is 7.98. The van der Waals surface area contributed by atoms with Crippen molar-refractivity contribution in [3.8, 4) is 28.5 Å². The van der Waals surface area contributed by atoms with Gasteiger partial charge in [0.15, 0.2) is 22.4 Å². The minimum Gasteiger partial charge on any atom is -0.504 e. The van der Waals surface area contributed by atoms with E-state index >= 15 is 0 Å². The molecular formula is C17H15N3O4S2. The number of hydrogen-bond acceptors (Lipinski definition) is 8. The Morgan fingerprint density at radius 2 is 1.81 bits per heavy atom. The molecule has 3 rings (SSSR count). The van der Waals surface area contributed by atoms with Crippen molar-refractivity contribution in [2.45, 2.75) is 0 Å². The summed E-state index contributed by atoms with van der Waals surface area (Å²) < 4.78 is 2.57. The second-order valence-electron chi connectivity index (χ2n) is 5.16. The lowest BCUT2D eigenvalue weighted by molar-refractivity contribution is 0.0983. The van der Waals surface area contributed by atoms with Gasteiger partial charge in [0, 0.05) is 16.5 Å². The van der Waals surface area contributed by atoms with Gasteiger partial charge in [-0.1, -0.05) is 30.3 Å². The Hall–Kier alpha value is -2.91. The first kappa shape index (κ1) is 17.9. The van der Waals surface area contributed by atoms with E-state index in [4.69, 9.17) is 0 Å². The number of benzene rings is 2. The number of rotatable bonds is 6. The van der Waals surface area contributed by atoms with Crippen molar-refractivity contribution in [3.63, 3.8) is 0 Å². The van der Waals surface area contributed by atoms with Gasteiger partial charge in [-0.15, -0.1) is 11.3 Å². The number of thiazole rings is 1. The molecule has 1 heterocycles. The molecule has 0 spiro atoms. The van der Waals surface area contributed by atoms with Gasteiger partial charge >= 0.3 is 0 Å². The molecule has 5 N–H and O–H groups in total. The van der Waals surface area contributed by atoms with E-state index in [2.05, 4.69) is 15.0 Å². The number of amides is 1. The molecule has 0 saturated heterocycles. The first-order chi connectivity index (χ1) is 12.5. The van der Waals surface area contributed by atoms with Gasteiger partial charge in [-0.2, -0.15) is 0 Å². The molecule has 0 atom stereocenters. The van der Waals surface area contributed by atoms with Crippen LogP contribution in [0.4, 0.5) is 5.13 Å². The third-order valence-corrected chi connectivity index (χ3v) is 4.78. The van der Waals surface area contributed by atoms with Gasteiger partial charge < -0.3 is 20.6 Å². The van der Waals surface area contributed by atoms with E-state index in [1.807, 2.05) is 35.7 Å². The molecule has 2 aromatic carbocycles. The van der Waals surface area contributed by atoms with E-state index in [1.165, 1.54) is 11.3 Å². The molecule has 0 aliphatic rings. The lowest BCUT2D eigenvalue weighted by Gasteiger charge is -2.07. The molecular weight excluding hydrogens is 374 g/mol. The largest absolute Gasteiger partial charge is 0.504 e. The fraction of sp³-hybridized carbons (Fsp3) is 0.0588. The van der Waals surface area contributed by atoms with Gasteiger partial charge in [-0.05, 0) is 24.1 Å². The number of nitrogens with one attached hydrogen (secondary N) is 2. The second-order valence-corrected chi connectivity index (χ2v) is 6.80. The number of carbonyl (C=O) groups excluding carboxylic acids is 1. The maximum absolute atomic E-state index is 12.0. The number of hydrogen-bond donors (Lipinski definition) is 5. The van der Waals surface area contributed by atoms with Crippen molar-refractivity contribution < 1.29 is 20.1 Å². The molecule has 26 heavy (non-hydrogen) atoms. The van der Waals surface area contributed by atoms with Gasteiger partial charge in [0.2, 0.25) is 0 Å². The fourth-order valence-corrected chi connectivity index (χ4v) is 3.43. The van der Waals surface area contributed by atoms with Crippen molar-refractivity contribution in [2.75, 3.05) is 11.2 Å². The summed E-state index contributed by atoms with van der Waals surface area (Å²) in [5.41, 5.74) is 1.94. The normalized spacial score (nSPS) is 10.5. The molecule has 0 radical (unpaired) electrons. The molecule has 7 nitrogen and oxygen atoms in total. The summed E-state index contributed by atoms with van der Waals surface area (Å²) in [5, 5.41) is 33.9. The highest BCUT2D eigenvalue weighted by Crippen LogP contribution is 2.35. The third kappa shape index (κ3) is 4.19. The van der Waals surface area contributed by atoms with Crippen LogP contribution in [0.2, 0.25) is 0 Å². The summed E-state index contributed by atoms with van der Waals surface area (Å²) in [7, 11) is 0. The number of carbonyl (C=O) groups is 1. The zero-order valence-corrected chi connectivity index (χ0v) is 15.0. The van der Waals surface area contributed by atoms with Crippen LogP contribution in [0.15, 0.2) is 47.8 Å². The number of phenols is 3. The van der Waals surface area contributed by atoms with Crippen molar-refractivity contribution >= 4 is 34.3 Å². The van der Waals surface area contributed by atoms with E-state index in [9.17, 15) is 20.1 Å². The SMILES string of the molecule is O=C(NSCNc1nc(-c2ccccc2)cs1)c1cc(O)c(O)c(O)c1. The number of aromatic nitrogens is 1. The second kappa shape index (κ2) is 7.98. The number of phenolic OH excluding ortho intramolecular Hbond substituents is 3. The Morgan fingerprint density at radius 3 is 2.50 bits per heavy atom. The first-order valence-electron chi connectivity index (χ1n) is 7.46. The maximum atomic E-state index is 12.0. The summed E-state index contributed by atoms with van der Waals surface area (Å²) in [6.45, 7) is 0. The summed E-state index contributed by atoms with van der Waals surface area (Å²) in [4.78, 5) is 16.5. The lowest BCUT2D eigenvalue weighted by Crippen LogP contribution is -2.17. The molecule has 0 bridgehead atoms. The Kier molecular flexibility index (Phi) is 5.49. The molecule has 1 amide bonds. The van der Waals surface area contributed by atoms with Gasteiger partial charge in [0.05, 0.1) is 11.6 Å². The number of anilines is 1. The van der Waals surface area contributed by atoms with Crippen molar-refractivity contribution in [1.29, 1.82) is 0 Å². The smallest absolute Gasteiger partial charge is 0.261 e. The molecule has 9 heteroatoms. The minimum absolute atomic E-state index is 0.0333. The van der Waals surface area contributed by atoms with Gasteiger partial charge in [0.25, 0.3) is 5.91 Å². The van der Waals surface area contributed by atoms with Crippen LogP contribution in [0.5, 0.6) is 17.2 Å². The zero-order valence-electron chi connectivity index (χ0n) is 13.3. The van der Waals surface area contributed by atoms with Gasteiger partial charge in [-0.3, -0.25) is 9.52 Å². The first-order valence-corrected chi connectivity index (χ1v) is 9.33. The number of nitrogens with zero attached hydrogens (tertiary/aromatic N) is 1. The quantitative estimate of drug-likeness (QED) is 0.190. The van der Waals surface area contributed by atoms with Crippen LogP contribution in [0.3, 0.4) is 0 Å². The van der Waals surface area contributed by atoms with Crippen LogP contribution in [0.1, 0.15) is 10.4 Å². The molecule has 134 valence electrons. The molecule has 0 fully saturated rings. The molecule has 1 aromatic heterocycles. The summed E-state index contributed by atoms with van der Waals surface area (Å²) in [5.74, 6) is -1.91. The predicted molar refractivity (Wildman–Crippen MR) is 103 cm³/mol. The Morgan fingerprint density at radius 1 is 1.12 bits per heavy atom. The van der Waals surface area contributed by atoms with Crippen LogP contribution < -0.4 is 10.0 Å². The summed E-state index contributed by atoms with van der Waals surface area (Å²) in [6, 6.07) is 12.0. The Labute approximate surface area is 157 Å². The monoisotopic (exact) mass is 389 g/mol. The zero-order chi connectivity index (χ0) is 18.5. The fourth-order valence-electron chi connectivity index (χ4n) is 2.09. The highest BCUT2D eigenvalue weighted by Gasteiger charge is 2.13. The van der Waals surface area contributed by atoms with Crippen molar-refractivity contribution in [3.05, 3.63) is 53.4 Å². The van der Waals surface area contributed by atoms with E-state index in [0.29, 0.717) is 5.88 Å². The van der Waals surface area contributed by atoms with E-state index in [0.717, 1.165) is 40.5 Å². The maximum Gasteiger partial charge on any atom is 0.261 e. The summed E-state index contributed by atoms with van der Waals surface area (Å²) >= 11 is 2.57. The third-order valence-electron chi connectivity index (χ3n) is 3.37.